The number of carbonyl (C=O) groups is 1. The molecule has 1 N–H and O–H groups in total. The van der Waals surface area contributed by atoms with E-state index >= 15 is 0 Å². The van der Waals surface area contributed by atoms with Gasteiger partial charge in [-0.05, 0) is 42.3 Å². The summed E-state index contributed by atoms with van der Waals surface area (Å²) in [6.45, 7) is 1.68. The summed E-state index contributed by atoms with van der Waals surface area (Å²) >= 11 is 5.84. The van der Waals surface area contributed by atoms with Crippen LogP contribution >= 0.6 is 11.6 Å². The Labute approximate surface area is 158 Å². The van der Waals surface area contributed by atoms with E-state index in [0.717, 1.165) is 11.6 Å². The predicted molar refractivity (Wildman–Crippen MR) is 96.9 cm³/mol. The van der Waals surface area contributed by atoms with Crippen LogP contribution in [0.25, 0.3) is 0 Å². The molecule has 1 amide bonds. The number of rotatable bonds is 4. The van der Waals surface area contributed by atoms with Gasteiger partial charge in [-0.2, -0.15) is 18.3 Å². The molecule has 1 heterocycles. The largest absolute Gasteiger partial charge is 0.416 e. The Kier molecular flexibility index (Phi) is 5.23. The number of amides is 1. The molecule has 0 saturated heterocycles. The second-order valence-electron chi connectivity index (χ2n) is 5.97. The maximum atomic E-state index is 13.2. The van der Waals surface area contributed by atoms with Crippen LogP contribution in [0.2, 0.25) is 5.02 Å². The van der Waals surface area contributed by atoms with E-state index < -0.39 is 11.7 Å². The molecule has 27 heavy (non-hydrogen) atoms. The Morgan fingerprint density at radius 1 is 1.19 bits per heavy atom. The third-order valence-electron chi connectivity index (χ3n) is 3.98. The van der Waals surface area contributed by atoms with Crippen molar-refractivity contribution in [3.05, 3.63) is 82.0 Å². The van der Waals surface area contributed by atoms with Gasteiger partial charge in [-0.15, -0.1) is 0 Å². The highest BCUT2D eigenvalue weighted by atomic mass is 35.5. The Balaban J connectivity index is 1.79. The lowest BCUT2D eigenvalue weighted by molar-refractivity contribution is -0.138. The van der Waals surface area contributed by atoms with Crippen LogP contribution in [0.3, 0.4) is 0 Å². The van der Waals surface area contributed by atoms with Crippen LogP contribution < -0.4 is 5.32 Å². The lowest BCUT2D eigenvalue weighted by atomic mass is 10.1. The van der Waals surface area contributed by atoms with E-state index in [1.54, 1.807) is 12.1 Å². The van der Waals surface area contributed by atoms with Gasteiger partial charge in [0.15, 0.2) is 5.82 Å². The number of nitrogens with zero attached hydrogens (tertiary/aromatic N) is 2. The SMILES string of the molecule is Cc1ccccc1C(=O)Nc1ccn(Cc2cc(Cl)ccc2C(F)(F)F)n1. The average Bonchev–Trinajstić information content (AvgIpc) is 3.01. The average molecular weight is 394 g/mol. The Morgan fingerprint density at radius 3 is 2.63 bits per heavy atom. The van der Waals surface area contributed by atoms with Crippen molar-refractivity contribution in [1.82, 2.24) is 9.78 Å². The molecule has 2 aromatic carbocycles. The van der Waals surface area contributed by atoms with Crippen LogP contribution in [0.4, 0.5) is 19.0 Å². The van der Waals surface area contributed by atoms with Crippen LogP contribution in [0.1, 0.15) is 27.0 Å². The number of hydrogen-bond donors (Lipinski definition) is 1. The summed E-state index contributed by atoms with van der Waals surface area (Å²) in [4.78, 5) is 12.3. The highest BCUT2D eigenvalue weighted by molar-refractivity contribution is 6.30. The quantitative estimate of drug-likeness (QED) is 0.665. The third kappa shape index (κ3) is 4.49. The van der Waals surface area contributed by atoms with E-state index in [9.17, 15) is 18.0 Å². The minimum absolute atomic E-state index is 0.00474. The minimum atomic E-state index is -4.49. The number of hydrogen-bond acceptors (Lipinski definition) is 2. The van der Waals surface area contributed by atoms with Gasteiger partial charge in [0.25, 0.3) is 5.91 Å². The van der Waals surface area contributed by atoms with Crippen molar-refractivity contribution in [3.63, 3.8) is 0 Å². The highest BCUT2D eigenvalue weighted by Crippen LogP contribution is 2.33. The maximum Gasteiger partial charge on any atom is 0.416 e. The summed E-state index contributed by atoms with van der Waals surface area (Å²) in [7, 11) is 0. The van der Waals surface area contributed by atoms with Crippen molar-refractivity contribution < 1.29 is 18.0 Å². The zero-order valence-electron chi connectivity index (χ0n) is 14.2. The van der Waals surface area contributed by atoms with Gasteiger partial charge >= 0.3 is 6.18 Å². The number of halogens is 4. The molecule has 0 fully saturated rings. The van der Waals surface area contributed by atoms with Gasteiger partial charge in [0.2, 0.25) is 0 Å². The van der Waals surface area contributed by atoms with Gasteiger partial charge in [-0.3, -0.25) is 9.48 Å². The molecule has 0 bridgehead atoms. The molecule has 8 heteroatoms. The zero-order valence-corrected chi connectivity index (χ0v) is 15.0. The summed E-state index contributed by atoms with van der Waals surface area (Å²) in [5, 5.41) is 6.98. The molecule has 140 valence electrons. The smallest absolute Gasteiger partial charge is 0.305 e. The molecule has 0 aliphatic heterocycles. The fourth-order valence-corrected chi connectivity index (χ4v) is 2.87. The van der Waals surface area contributed by atoms with Crippen molar-refractivity contribution in [2.75, 3.05) is 5.32 Å². The number of alkyl halides is 3. The van der Waals surface area contributed by atoms with Crippen molar-refractivity contribution in [2.45, 2.75) is 19.6 Å². The van der Waals surface area contributed by atoms with E-state index in [2.05, 4.69) is 10.4 Å². The number of benzene rings is 2. The van der Waals surface area contributed by atoms with Crippen LogP contribution in [0, 0.1) is 6.92 Å². The molecule has 3 rings (SSSR count). The minimum Gasteiger partial charge on any atom is -0.305 e. The van der Waals surface area contributed by atoms with E-state index in [0.29, 0.717) is 5.56 Å². The molecule has 1 aromatic heterocycles. The second-order valence-corrected chi connectivity index (χ2v) is 6.40. The van der Waals surface area contributed by atoms with Crippen LogP contribution in [0.5, 0.6) is 0 Å². The lowest BCUT2D eigenvalue weighted by Gasteiger charge is -2.13. The lowest BCUT2D eigenvalue weighted by Crippen LogP contribution is -2.15. The summed E-state index contributed by atoms with van der Waals surface area (Å²) in [5.41, 5.74) is 0.534. The van der Waals surface area contributed by atoms with Crippen molar-refractivity contribution >= 4 is 23.3 Å². The number of aryl methyl sites for hydroxylation is 1. The van der Waals surface area contributed by atoms with Crippen molar-refractivity contribution in [1.29, 1.82) is 0 Å². The summed E-state index contributed by atoms with van der Waals surface area (Å²) in [6, 6.07) is 12.0. The molecule has 0 spiro atoms. The molecule has 4 nitrogen and oxygen atoms in total. The molecule has 0 unspecified atom stereocenters. The Morgan fingerprint density at radius 2 is 1.93 bits per heavy atom. The summed E-state index contributed by atoms with van der Waals surface area (Å²) < 4.78 is 40.8. The first kappa shape index (κ1) is 19.0. The summed E-state index contributed by atoms with van der Waals surface area (Å²) in [6.07, 6.45) is -3.00. The normalized spacial score (nSPS) is 11.4. The monoisotopic (exact) mass is 393 g/mol. The van der Waals surface area contributed by atoms with E-state index in [4.69, 9.17) is 11.6 Å². The van der Waals surface area contributed by atoms with Gasteiger partial charge in [-0.25, -0.2) is 0 Å². The second kappa shape index (κ2) is 7.44. The highest BCUT2D eigenvalue weighted by Gasteiger charge is 2.33. The number of aromatic nitrogens is 2. The Bertz CT molecular complexity index is 982. The van der Waals surface area contributed by atoms with Crippen LogP contribution in [-0.2, 0) is 12.7 Å². The van der Waals surface area contributed by atoms with Gasteiger partial charge in [0.05, 0.1) is 12.1 Å². The van der Waals surface area contributed by atoms with Gasteiger partial charge < -0.3 is 5.32 Å². The van der Waals surface area contributed by atoms with E-state index in [-0.39, 0.29) is 28.9 Å². The number of carbonyl (C=O) groups excluding carboxylic acids is 1. The molecule has 0 atom stereocenters. The van der Waals surface area contributed by atoms with Crippen LogP contribution in [0.15, 0.2) is 54.7 Å². The van der Waals surface area contributed by atoms with Crippen molar-refractivity contribution in [3.8, 4) is 0 Å². The van der Waals surface area contributed by atoms with Crippen LogP contribution in [-0.4, -0.2) is 15.7 Å². The Hall–Kier alpha value is -2.80. The topological polar surface area (TPSA) is 46.9 Å². The van der Waals surface area contributed by atoms with Gasteiger partial charge in [-0.1, -0.05) is 29.8 Å². The first-order valence-electron chi connectivity index (χ1n) is 8.00. The standard InChI is InChI=1S/C19H15ClF3N3O/c1-12-4-2-3-5-15(12)18(27)24-17-8-9-26(25-17)11-13-10-14(20)6-7-16(13)19(21,22)23/h2-10H,11H2,1H3,(H,24,25,27). The molecule has 3 aromatic rings. The molecular formula is C19H15ClF3N3O. The maximum absolute atomic E-state index is 13.2. The van der Waals surface area contributed by atoms with Gasteiger partial charge in [0.1, 0.15) is 0 Å². The molecular weight excluding hydrogens is 379 g/mol. The number of anilines is 1. The summed E-state index contributed by atoms with van der Waals surface area (Å²) in [5.74, 6) is -0.0871. The molecule has 0 saturated carbocycles. The van der Waals surface area contributed by atoms with E-state index in [1.165, 1.54) is 29.1 Å². The number of nitrogens with one attached hydrogen (secondary N) is 1. The fourth-order valence-electron chi connectivity index (χ4n) is 2.67. The first-order valence-corrected chi connectivity index (χ1v) is 8.38. The van der Waals surface area contributed by atoms with E-state index in [1.807, 2.05) is 19.1 Å². The van der Waals surface area contributed by atoms with Gasteiger partial charge in [0, 0.05) is 22.8 Å². The molecule has 0 aliphatic carbocycles. The third-order valence-corrected chi connectivity index (χ3v) is 4.21. The molecule has 0 radical (unpaired) electrons. The fraction of sp³-hybridized carbons (Fsp3) is 0.158. The first-order chi connectivity index (χ1) is 12.7. The zero-order chi connectivity index (χ0) is 19.6. The van der Waals surface area contributed by atoms with Crippen molar-refractivity contribution in [2.24, 2.45) is 0 Å². The molecule has 0 aliphatic rings. The predicted octanol–water partition coefficient (Wildman–Crippen LogP) is 5.16.